The number of nitrogens with zero attached hydrogens (tertiary/aromatic N) is 2. The number of rotatable bonds is 5. The molecule has 0 saturated carbocycles. The van der Waals surface area contributed by atoms with Crippen LogP contribution in [0.4, 0.5) is 5.69 Å². The normalized spacial score (nSPS) is 20.5. The molecule has 1 fully saturated rings. The van der Waals surface area contributed by atoms with Crippen molar-refractivity contribution in [3.05, 3.63) is 29.8 Å². The zero-order chi connectivity index (χ0) is 13.7. The molecule has 2 rings (SSSR count). The van der Waals surface area contributed by atoms with Crippen molar-refractivity contribution < 1.29 is 0 Å². The monoisotopic (exact) mass is 260 g/mol. The number of benzene rings is 1. The van der Waals surface area contributed by atoms with E-state index in [0.717, 1.165) is 25.6 Å². The van der Waals surface area contributed by atoms with Crippen LogP contribution in [0.2, 0.25) is 0 Å². The van der Waals surface area contributed by atoms with Gasteiger partial charge in [0.15, 0.2) is 0 Å². The molecule has 106 valence electrons. The Balaban J connectivity index is 1.94. The minimum atomic E-state index is 0.865. The van der Waals surface area contributed by atoms with Crippen LogP contribution in [0.3, 0.4) is 0 Å². The molecule has 0 aromatic heterocycles. The number of anilines is 1. The van der Waals surface area contributed by atoms with Crippen LogP contribution in [0.1, 0.15) is 39.2 Å². The third-order valence-electron chi connectivity index (χ3n) is 4.21. The van der Waals surface area contributed by atoms with Gasteiger partial charge < -0.3 is 4.90 Å². The van der Waals surface area contributed by atoms with E-state index in [0.29, 0.717) is 0 Å². The van der Waals surface area contributed by atoms with Crippen LogP contribution < -0.4 is 4.90 Å². The first-order valence-corrected chi connectivity index (χ1v) is 7.79. The first-order chi connectivity index (χ1) is 9.22. The Bertz CT molecular complexity index is 367. The van der Waals surface area contributed by atoms with E-state index in [2.05, 4.69) is 54.8 Å². The number of piperidine rings is 1. The maximum atomic E-state index is 2.60. The number of hydrogen-bond donors (Lipinski definition) is 0. The van der Waals surface area contributed by atoms with E-state index in [9.17, 15) is 0 Å². The van der Waals surface area contributed by atoms with Gasteiger partial charge in [0.05, 0.1) is 0 Å². The molecule has 2 heteroatoms. The van der Waals surface area contributed by atoms with E-state index in [1.807, 2.05) is 0 Å². The summed E-state index contributed by atoms with van der Waals surface area (Å²) in [6.07, 6.45) is 2.76. The second-order valence-electron chi connectivity index (χ2n) is 5.82. The Morgan fingerprint density at radius 1 is 1.16 bits per heavy atom. The average molecular weight is 260 g/mol. The van der Waals surface area contributed by atoms with Crippen molar-refractivity contribution in [2.75, 3.05) is 31.1 Å². The Labute approximate surface area is 118 Å². The lowest BCUT2D eigenvalue weighted by atomic mass is 10.00. The molecule has 0 spiro atoms. The van der Waals surface area contributed by atoms with Crippen LogP contribution in [-0.2, 0) is 6.54 Å². The predicted octanol–water partition coefficient (Wildman–Crippen LogP) is 3.76. The SMILES string of the molecule is CCN(CC)c1ccc(CN2CCCC(C)C2)cc1. The Kier molecular flexibility index (Phi) is 5.26. The van der Waals surface area contributed by atoms with Gasteiger partial charge in [-0.15, -0.1) is 0 Å². The summed E-state index contributed by atoms with van der Waals surface area (Å²) in [7, 11) is 0. The van der Waals surface area contributed by atoms with Crippen molar-refractivity contribution in [3.63, 3.8) is 0 Å². The molecule has 1 aromatic rings. The zero-order valence-corrected chi connectivity index (χ0v) is 12.7. The van der Waals surface area contributed by atoms with E-state index in [4.69, 9.17) is 0 Å². The van der Waals surface area contributed by atoms with Crippen LogP contribution in [0.15, 0.2) is 24.3 Å². The lowest BCUT2D eigenvalue weighted by Crippen LogP contribution is -2.33. The molecule has 0 radical (unpaired) electrons. The van der Waals surface area contributed by atoms with Crippen molar-refractivity contribution in [2.45, 2.75) is 40.2 Å². The highest BCUT2D eigenvalue weighted by Gasteiger charge is 2.16. The molecule has 1 aromatic carbocycles. The summed E-state index contributed by atoms with van der Waals surface area (Å²) in [5.41, 5.74) is 2.80. The first-order valence-electron chi connectivity index (χ1n) is 7.79. The molecule has 1 aliphatic rings. The van der Waals surface area contributed by atoms with Crippen LogP contribution in [0, 0.1) is 5.92 Å². The van der Waals surface area contributed by atoms with Gasteiger partial charge in [-0.2, -0.15) is 0 Å². The molecule has 1 saturated heterocycles. The minimum Gasteiger partial charge on any atom is -0.372 e. The van der Waals surface area contributed by atoms with Crippen molar-refractivity contribution in [1.82, 2.24) is 4.90 Å². The Morgan fingerprint density at radius 2 is 1.84 bits per heavy atom. The van der Waals surface area contributed by atoms with Gasteiger partial charge in [-0.3, -0.25) is 4.90 Å². The lowest BCUT2D eigenvalue weighted by molar-refractivity contribution is 0.176. The number of hydrogen-bond acceptors (Lipinski definition) is 2. The molecular formula is C17H28N2. The summed E-state index contributed by atoms with van der Waals surface area (Å²) in [5.74, 6) is 0.865. The van der Waals surface area contributed by atoms with E-state index in [-0.39, 0.29) is 0 Å². The molecule has 0 aliphatic carbocycles. The maximum absolute atomic E-state index is 2.60. The third kappa shape index (κ3) is 3.97. The van der Waals surface area contributed by atoms with Crippen molar-refractivity contribution >= 4 is 5.69 Å². The molecule has 1 unspecified atom stereocenters. The van der Waals surface area contributed by atoms with Gasteiger partial charge in [0.25, 0.3) is 0 Å². The highest BCUT2D eigenvalue weighted by Crippen LogP contribution is 2.20. The minimum absolute atomic E-state index is 0.865. The Morgan fingerprint density at radius 3 is 2.42 bits per heavy atom. The molecule has 0 bridgehead atoms. The van der Waals surface area contributed by atoms with Crippen LogP contribution in [0.5, 0.6) is 0 Å². The van der Waals surface area contributed by atoms with Crippen LogP contribution >= 0.6 is 0 Å². The molecular weight excluding hydrogens is 232 g/mol. The van der Waals surface area contributed by atoms with Gasteiger partial charge in [-0.25, -0.2) is 0 Å². The third-order valence-corrected chi connectivity index (χ3v) is 4.21. The van der Waals surface area contributed by atoms with Gasteiger partial charge in [0, 0.05) is 31.9 Å². The highest BCUT2D eigenvalue weighted by atomic mass is 15.1. The molecule has 19 heavy (non-hydrogen) atoms. The zero-order valence-electron chi connectivity index (χ0n) is 12.7. The van der Waals surface area contributed by atoms with E-state index < -0.39 is 0 Å². The van der Waals surface area contributed by atoms with E-state index in [1.165, 1.54) is 37.2 Å². The molecule has 1 atom stereocenters. The fourth-order valence-corrected chi connectivity index (χ4v) is 3.09. The second-order valence-corrected chi connectivity index (χ2v) is 5.82. The summed E-state index contributed by atoms with van der Waals surface area (Å²) in [4.78, 5) is 4.99. The highest BCUT2D eigenvalue weighted by molar-refractivity contribution is 5.47. The summed E-state index contributed by atoms with van der Waals surface area (Å²) in [6, 6.07) is 9.14. The summed E-state index contributed by atoms with van der Waals surface area (Å²) in [5, 5.41) is 0. The van der Waals surface area contributed by atoms with E-state index >= 15 is 0 Å². The topological polar surface area (TPSA) is 6.48 Å². The fourth-order valence-electron chi connectivity index (χ4n) is 3.09. The second kappa shape index (κ2) is 6.95. The lowest BCUT2D eigenvalue weighted by Gasteiger charge is -2.31. The fraction of sp³-hybridized carbons (Fsp3) is 0.647. The van der Waals surface area contributed by atoms with Crippen molar-refractivity contribution in [2.24, 2.45) is 5.92 Å². The number of likely N-dealkylation sites (tertiary alicyclic amines) is 1. The van der Waals surface area contributed by atoms with Gasteiger partial charge in [0.2, 0.25) is 0 Å². The molecule has 0 N–H and O–H groups in total. The largest absolute Gasteiger partial charge is 0.372 e. The standard InChI is InChI=1S/C17H28N2/c1-4-19(5-2)17-10-8-16(9-11-17)14-18-12-6-7-15(3)13-18/h8-11,15H,4-7,12-14H2,1-3H3. The maximum Gasteiger partial charge on any atom is 0.0366 e. The van der Waals surface area contributed by atoms with Crippen LogP contribution in [-0.4, -0.2) is 31.1 Å². The molecule has 2 nitrogen and oxygen atoms in total. The van der Waals surface area contributed by atoms with Crippen molar-refractivity contribution in [3.8, 4) is 0 Å². The summed E-state index contributed by atoms with van der Waals surface area (Å²) in [6.45, 7) is 12.6. The molecule has 1 heterocycles. The van der Waals surface area contributed by atoms with Gasteiger partial charge in [-0.05, 0) is 56.8 Å². The predicted molar refractivity (Wildman–Crippen MR) is 83.7 cm³/mol. The Hall–Kier alpha value is -1.02. The summed E-state index contributed by atoms with van der Waals surface area (Å²) < 4.78 is 0. The molecule has 1 aliphatic heterocycles. The molecule has 0 amide bonds. The quantitative estimate of drug-likeness (QED) is 0.795. The average Bonchev–Trinajstić information content (AvgIpc) is 2.42. The van der Waals surface area contributed by atoms with Gasteiger partial charge in [0.1, 0.15) is 0 Å². The van der Waals surface area contributed by atoms with Crippen LogP contribution in [0.25, 0.3) is 0 Å². The van der Waals surface area contributed by atoms with Gasteiger partial charge in [-0.1, -0.05) is 19.1 Å². The first kappa shape index (κ1) is 14.4. The van der Waals surface area contributed by atoms with Gasteiger partial charge >= 0.3 is 0 Å². The smallest absolute Gasteiger partial charge is 0.0366 e. The summed E-state index contributed by atoms with van der Waals surface area (Å²) >= 11 is 0. The van der Waals surface area contributed by atoms with E-state index in [1.54, 1.807) is 0 Å². The van der Waals surface area contributed by atoms with Crippen molar-refractivity contribution in [1.29, 1.82) is 0 Å².